The van der Waals surface area contributed by atoms with E-state index >= 15 is 0 Å². The smallest absolute Gasteiger partial charge is 0.225 e. The number of hydrogen-bond acceptors (Lipinski definition) is 6. The van der Waals surface area contributed by atoms with Crippen LogP contribution in [0.5, 0.6) is 11.5 Å². The molecule has 0 N–H and O–H groups in total. The zero-order chi connectivity index (χ0) is 20.8. The van der Waals surface area contributed by atoms with Crippen LogP contribution in [0.15, 0.2) is 36.7 Å². The first kappa shape index (κ1) is 21.1. The van der Waals surface area contributed by atoms with Crippen LogP contribution in [-0.2, 0) is 4.79 Å². The number of nitrogens with zero attached hydrogens (tertiary/aromatic N) is 3. The summed E-state index contributed by atoms with van der Waals surface area (Å²) < 4.78 is 11.8. The van der Waals surface area contributed by atoms with Gasteiger partial charge in [0.25, 0.3) is 0 Å². The van der Waals surface area contributed by atoms with Gasteiger partial charge in [-0.15, -0.1) is 0 Å². The molecule has 0 radical (unpaired) electrons. The molecule has 2 atom stereocenters. The molecule has 156 valence electrons. The summed E-state index contributed by atoms with van der Waals surface area (Å²) in [5.41, 5.74) is 1.16. The average Bonchev–Trinajstić information content (AvgIpc) is 3.15. The van der Waals surface area contributed by atoms with Gasteiger partial charge in [-0.2, -0.15) is 0 Å². The van der Waals surface area contributed by atoms with E-state index in [-0.39, 0.29) is 17.8 Å². The number of hydrogen-bond donors (Lipinski definition) is 0. The molecule has 1 aliphatic rings. The largest absolute Gasteiger partial charge is 0.490 e. The molecule has 0 bridgehead atoms. The first-order valence-corrected chi connectivity index (χ1v) is 10.4. The summed E-state index contributed by atoms with van der Waals surface area (Å²) in [6, 6.07) is 8.08. The van der Waals surface area contributed by atoms with Gasteiger partial charge in [-0.1, -0.05) is 32.9 Å². The number of ether oxygens (including phenoxy) is 2. The second-order valence-corrected chi connectivity index (χ2v) is 8.27. The standard InChI is InChI=1S/C23H31N3O3/c1-16(2)15-28-22-12-24-23(25-13-22)26-10-9-21(14-26)29-20-7-5-19(6-8-20)17(3)11-18(4)27/h5-8,12-13,16-17,21H,9-11,14-15H2,1-4H3/t17-,21-/m1/s1. The Morgan fingerprint density at radius 3 is 2.45 bits per heavy atom. The Hall–Kier alpha value is -2.63. The van der Waals surface area contributed by atoms with Crippen molar-refractivity contribution in [2.24, 2.45) is 5.92 Å². The van der Waals surface area contributed by atoms with Crippen LogP contribution in [0.1, 0.15) is 52.0 Å². The fourth-order valence-electron chi connectivity index (χ4n) is 3.43. The number of carbonyl (C=O) groups excluding carboxylic acids is 1. The van der Waals surface area contributed by atoms with Crippen LogP contribution < -0.4 is 14.4 Å². The van der Waals surface area contributed by atoms with Crippen molar-refractivity contribution in [2.45, 2.75) is 52.6 Å². The normalized spacial score (nSPS) is 17.4. The Labute approximate surface area is 173 Å². The molecule has 1 saturated heterocycles. The number of Topliss-reactive ketones (excluding diaryl/α,β-unsaturated/α-hetero) is 1. The first-order valence-electron chi connectivity index (χ1n) is 10.4. The molecule has 29 heavy (non-hydrogen) atoms. The maximum Gasteiger partial charge on any atom is 0.225 e. The van der Waals surface area contributed by atoms with E-state index in [1.807, 2.05) is 12.1 Å². The maximum atomic E-state index is 11.3. The molecule has 1 aromatic heterocycles. The fraction of sp³-hybridized carbons (Fsp3) is 0.522. The maximum absolute atomic E-state index is 11.3. The van der Waals surface area contributed by atoms with E-state index in [4.69, 9.17) is 9.47 Å². The third-order valence-electron chi connectivity index (χ3n) is 4.97. The molecule has 0 amide bonds. The van der Waals surface area contributed by atoms with E-state index < -0.39 is 0 Å². The zero-order valence-electron chi connectivity index (χ0n) is 17.8. The molecule has 0 unspecified atom stereocenters. The lowest BCUT2D eigenvalue weighted by Crippen LogP contribution is -2.26. The number of rotatable bonds is 9. The highest BCUT2D eigenvalue weighted by Gasteiger charge is 2.26. The molecule has 6 nitrogen and oxygen atoms in total. The van der Waals surface area contributed by atoms with Crippen LogP contribution in [0.3, 0.4) is 0 Å². The summed E-state index contributed by atoms with van der Waals surface area (Å²) in [6.45, 7) is 10.2. The predicted molar refractivity (Wildman–Crippen MR) is 114 cm³/mol. The molecular formula is C23H31N3O3. The van der Waals surface area contributed by atoms with Crippen molar-refractivity contribution in [3.63, 3.8) is 0 Å². The van der Waals surface area contributed by atoms with Gasteiger partial charge >= 0.3 is 0 Å². The Kier molecular flexibility index (Phi) is 7.07. The number of anilines is 1. The minimum atomic E-state index is 0.107. The van der Waals surface area contributed by atoms with E-state index in [9.17, 15) is 4.79 Å². The summed E-state index contributed by atoms with van der Waals surface area (Å²) >= 11 is 0. The van der Waals surface area contributed by atoms with E-state index in [0.717, 1.165) is 30.8 Å². The van der Waals surface area contributed by atoms with Crippen molar-refractivity contribution in [1.82, 2.24) is 9.97 Å². The number of ketones is 1. The Bertz CT molecular complexity index is 790. The molecule has 3 rings (SSSR count). The second kappa shape index (κ2) is 9.72. The molecular weight excluding hydrogens is 366 g/mol. The van der Waals surface area contributed by atoms with Crippen LogP contribution >= 0.6 is 0 Å². The third-order valence-corrected chi connectivity index (χ3v) is 4.97. The average molecular weight is 398 g/mol. The van der Waals surface area contributed by atoms with Gasteiger partial charge in [-0.25, -0.2) is 9.97 Å². The van der Waals surface area contributed by atoms with Gasteiger partial charge in [0, 0.05) is 19.4 Å². The highest BCUT2D eigenvalue weighted by atomic mass is 16.5. The summed E-state index contributed by atoms with van der Waals surface area (Å²) in [4.78, 5) is 22.3. The predicted octanol–water partition coefficient (Wildman–Crippen LogP) is 4.25. The van der Waals surface area contributed by atoms with Crippen LogP contribution in [-0.4, -0.2) is 41.6 Å². The van der Waals surface area contributed by atoms with Gasteiger partial charge < -0.3 is 19.2 Å². The lowest BCUT2D eigenvalue weighted by Gasteiger charge is -2.18. The molecule has 6 heteroatoms. The van der Waals surface area contributed by atoms with Gasteiger partial charge in [-0.05, 0) is 36.5 Å². The molecule has 0 spiro atoms. The summed E-state index contributed by atoms with van der Waals surface area (Å²) in [5, 5.41) is 0. The van der Waals surface area contributed by atoms with Crippen molar-refractivity contribution in [2.75, 3.05) is 24.6 Å². The zero-order valence-corrected chi connectivity index (χ0v) is 17.8. The minimum Gasteiger partial charge on any atom is -0.490 e. The van der Waals surface area contributed by atoms with Gasteiger partial charge in [0.1, 0.15) is 17.6 Å². The summed E-state index contributed by atoms with van der Waals surface area (Å²) in [7, 11) is 0. The highest BCUT2D eigenvalue weighted by Crippen LogP contribution is 2.25. The number of aromatic nitrogens is 2. The quantitative estimate of drug-likeness (QED) is 0.630. The van der Waals surface area contributed by atoms with Crippen LogP contribution in [0, 0.1) is 5.92 Å². The van der Waals surface area contributed by atoms with Crippen molar-refractivity contribution < 1.29 is 14.3 Å². The summed E-state index contributed by atoms with van der Waals surface area (Å²) in [5.74, 6) is 3.18. The third kappa shape index (κ3) is 6.17. The Balaban J connectivity index is 1.51. The fourth-order valence-corrected chi connectivity index (χ4v) is 3.43. The number of benzene rings is 1. The SMILES string of the molecule is CC(=O)C[C@@H](C)c1ccc(O[C@@H]2CCN(c3ncc(OCC(C)C)cn3)C2)cc1. The molecule has 1 aromatic carbocycles. The van der Waals surface area contributed by atoms with Crippen molar-refractivity contribution in [3.8, 4) is 11.5 Å². The lowest BCUT2D eigenvalue weighted by atomic mass is 9.96. The van der Waals surface area contributed by atoms with Crippen molar-refractivity contribution >= 4 is 11.7 Å². The van der Waals surface area contributed by atoms with Crippen molar-refractivity contribution in [3.05, 3.63) is 42.2 Å². The topological polar surface area (TPSA) is 64.5 Å². The van der Waals surface area contributed by atoms with E-state index in [2.05, 4.69) is 47.8 Å². The van der Waals surface area contributed by atoms with E-state index in [1.54, 1.807) is 19.3 Å². The molecule has 1 aliphatic heterocycles. The van der Waals surface area contributed by atoms with Crippen LogP contribution in [0.4, 0.5) is 5.95 Å². The van der Waals surface area contributed by atoms with Crippen molar-refractivity contribution in [1.29, 1.82) is 0 Å². The Morgan fingerprint density at radius 2 is 1.83 bits per heavy atom. The van der Waals surface area contributed by atoms with E-state index in [1.165, 1.54) is 0 Å². The van der Waals surface area contributed by atoms with Gasteiger partial charge in [0.15, 0.2) is 5.75 Å². The Morgan fingerprint density at radius 1 is 1.14 bits per heavy atom. The first-order chi connectivity index (χ1) is 13.9. The molecule has 1 fully saturated rings. The lowest BCUT2D eigenvalue weighted by molar-refractivity contribution is -0.117. The van der Waals surface area contributed by atoms with Crippen LogP contribution in [0.2, 0.25) is 0 Å². The van der Waals surface area contributed by atoms with Gasteiger partial charge in [0.05, 0.1) is 25.5 Å². The molecule has 0 saturated carbocycles. The van der Waals surface area contributed by atoms with Gasteiger partial charge in [0.2, 0.25) is 5.95 Å². The molecule has 2 heterocycles. The minimum absolute atomic E-state index is 0.107. The highest BCUT2D eigenvalue weighted by molar-refractivity contribution is 5.76. The number of carbonyl (C=O) groups is 1. The monoisotopic (exact) mass is 397 g/mol. The van der Waals surface area contributed by atoms with Gasteiger partial charge in [-0.3, -0.25) is 0 Å². The van der Waals surface area contributed by atoms with Crippen LogP contribution in [0.25, 0.3) is 0 Å². The summed E-state index contributed by atoms with van der Waals surface area (Å²) in [6.07, 6.45) is 5.08. The second-order valence-electron chi connectivity index (χ2n) is 8.27. The molecule has 0 aliphatic carbocycles. The molecule has 2 aromatic rings. The van der Waals surface area contributed by atoms with E-state index in [0.29, 0.717) is 30.6 Å².